The van der Waals surface area contributed by atoms with Gasteiger partial charge in [0.2, 0.25) is 0 Å². The molecule has 7 heavy (non-hydrogen) atoms. The van der Waals surface area contributed by atoms with E-state index in [4.69, 9.17) is 5.21 Å². The molecular formula is C3H5N3O. The molecule has 0 saturated heterocycles. The van der Waals surface area contributed by atoms with Gasteiger partial charge in [-0.2, -0.15) is 0 Å². The number of hydrogen-bond donors (Lipinski definition) is 2. The van der Waals surface area contributed by atoms with Crippen LogP contribution in [-0.4, -0.2) is 23.9 Å². The summed E-state index contributed by atoms with van der Waals surface area (Å²) in [6, 6.07) is 0. The molecular weight excluding hydrogens is 94.1 g/mol. The lowest BCUT2D eigenvalue weighted by Crippen LogP contribution is -2.19. The third-order valence-electron chi connectivity index (χ3n) is 0.665. The predicted molar refractivity (Wildman–Crippen MR) is 25.7 cm³/mol. The Labute approximate surface area is 40.6 Å². The summed E-state index contributed by atoms with van der Waals surface area (Å²) in [5.41, 5.74) is 1.89. The van der Waals surface area contributed by atoms with Crippen molar-refractivity contribution in [1.29, 1.82) is 0 Å². The predicted octanol–water partition coefficient (Wildman–Crippen LogP) is -0.594. The molecule has 0 radical (unpaired) electrons. The number of hydrogen-bond acceptors (Lipinski definition) is 4. The van der Waals surface area contributed by atoms with Gasteiger partial charge >= 0.3 is 0 Å². The molecule has 1 aliphatic heterocycles. The molecule has 38 valence electrons. The second-order valence-electron chi connectivity index (χ2n) is 1.14. The number of rotatable bonds is 0. The maximum atomic E-state index is 8.11. The van der Waals surface area contributed by atoms with Gasteiger partial charge in [-0.05, 0) is 0 Å². The lowest BCUT2D eigenvalue weighted by molar-refractivity contribution is 0.233. The molecule has 4 nitrogen and oxygen atoms in total. The summed E-state index contributed by atoms with van der Waals surface area (Å²) in [5.74, 6) is 0.500. The first-order valence-electron chi connectivity index (χ1n) is 1.88. The Hall–Kier alpha value is -0.900. The monoisotopic (exact) mass is 99.0 g/mol. The minimum absolute atomic E-state index is 0.469. The molecule has 0 aromatic carbocycles. The highest BCUT2D eigenvalue weighted by Gasteiger charge is 1.95. The summed E-state index contributed by atoms with van der Waals surface area (Å²) >= 11 is 0. The van der Waals surface area contributed by atoms with Gasteiger partial charge in [-0.15, -0.1) is 0 Å². The van der Waals surface area contributed by atoms with Crippen LogP contribution in [0.25, 0.3) is 0 Å². The molecule has 0 aromatic rings. The lowest BCUT2D eigenvalue weighted by atomic mass is 10.6. The summed E-state index contributed by atoms with van der Waals surface area (Å²) in [7, 11) is 0. The summed E-state index contributed by atoms with van der Waals surface area (Å²) in [6.45, 7) is 0.469. The van der Waals surface area contributed by atoms with Crippen LogP contribution in [0.1, 0.15) is 0 Å². The van der Waals surface area contributed by atoms with Crippen LogP contribution in [-0.2, 0) is 0 Å². The van der Waals surface area contributed by atoms with E-state index in [0.29, 0.717) is 12.4 Å². The molecule has 0 fully saturated rings. The van der Waals surface area contributed by atoms with Crippen LogP contribution < -0.4 is 5.48 Å². The average Bonchev–Trinajstić information content (AvgIpc) is 2.14. The smallest absolute Gasteiger partial charge is 0.149 e. The third-order valence-corrected chi connectivity index (χ3v) is 0.665. The van der Waals surface area contributed by atoms with Gasteiger partial charge in [-0.25, -0.2) is 4.99 Å². The lowest BCUT2D eigenvalue weighted by Gasteiger charge is -1.89. The van der Waals surface area contributed by atoms with Crippen molar-refractivity contribution in [3.63, 3.8) is 0 Å². The van der Waals surface area contributed by atoms with Crippen molar-refractivity contribution in [2.24, 2.45) is 9.98 Å². The van der Waals surface area contributed by atoms with Crippen LogP contribution in [0.2, 0.25) is 0 Å². The van der Waals surface area contributed by atoms with E-state index in [1.807, 2.05) is 5.48 Å². The quantitative estimate of drug-likeness (QED) is 0.398. The zero-order valence-electron chi connectivity index (χ0n) is 3.63. The maximum absolute atomic E-state index is 8.11. The first-order valence-corrected chi connectivity index (χ1v) is 1.88. The van der Waals surface area contributed by atoms with E-state index in [1.165, 1.54) is 6.34 Å². The maximum Gasteiger partial charge on any atom is 0.149 e. The molecule has 0 amide bonds. The van der Waals surface area contributed by atoms with Gasteiger partial charge in [0.25, 0.3) is 0 Å². The van der Waals surface area contributed by atoms with Gasteiger partial charge in [0, 0.05) is 0 Å². The SMILES string of the molecule is ONC1=NC=NC1. The molecule has 1 aliphatic rings. The van der Waals surface area contributed by atoms with Crippen LogP contribution >= 0.6 is 0 Å². The van der Waals surface area contributed by atoms with E-state index < -0.39 is 0 Å². The second kappa shape index (κ2) is 1.70. The van der Waals surface area contributed by atoms with Crippen molar-refractivity contribution < 1.29 is 5.21 Å². The van der Waals surface area contributed by atoms with Crippen molar-refractivity contribution in [3.05, 3.63) is 0 Å². The van der Waals surface area contributed by atoms with Crippen molar-refractivity contribution in [3.8, 4) is 0 Å². The number of aliphatic imine (C=N–C) groups is 2. The molecule has 1 heterocycles. The molecule has 0 saturated carbocycles. The van der Waals surface area contributed by atoms with Gasteiger partial charge in [0.1, 0.15) is 18.7 Å². The minimum atomic E-state index is 0.469. The van der Waals surface area contributed by atoms with Crippen molar-refractivity contribution >= 4 is 12.2 Å². The van der Waals surface area contributed by atoms with Gasteiger partial charge in [-0.3, -0.25) is 15.7 Å². The molecule has 0 spiro atoms. The summed E-state index contributed by atoms with van der Waals surface area (Å²) in [5, 5.41) is 8.11. The Bertz CT molecular complexity index is 117. The van der Waals surface area contributed by atoms with Crippen LogP contribution in [0.4, 0.5) is 0 Å². The third kappa shape index (κ3) is 0.747. The number of nitrogens with one attached hydrogen (secondary N) is 1. The topological polar surface area (TPSA) is 57.0 Å². The molecule has 0 aromatic heterocycles. The Morgan fingerprint density at radius 3 is 3.00 bits per heavy atom. The van der Waals surface area contributed by atoms with Crippen molar-refractivity contribution in [2.45, 2.75) is 0 Å². The van der Waals surface area contributed by atoms with Crippen LogP contribution in [0.15, 0.2) is 9.98 Å². The molecule has 0 atom stereocenters. The Balaban J connectivity index is 2.45. The van der Waals surface area contributed by atoms with Gasteiger partial charge in [0.15, 0.2) is 0 Å². The largest absolute Gasteiger partial charge is 0.290 e. The molecule has 2 N–H and O–H groups in total. The fourth-order valence-electron chi connectivity index (χ4n) is 0.343. The molecule has 0 unspecified atom stereocenters. The number of nitrogens with zero attached hydrogens (tertiary/aromatic N) is 2. The van der Waals surface area contributed by atoms with E-state index in [1.54, 1.807) is 0 Å². The summed E-state index contributed by atoms with van der Waals surface area (Å²) in [4.78, 5) is 7.30. The second-order valence-corrected chi connectivity index (χ2v) is 1.14. The van der Waals surface area contributed by atoms with E-state index in [-0.39, 0.29) is 0 Å². The standard InChI is InChI=1S/C3H5N3O/c7-6-3-1-4-2-5-3/h2,7H,1H2,(H,4,5,6). The Kier molecular flexibility index (Phi) is 1.04. The fraction of sp³-hybridized carbons (Fsp3) is 0.333. The zero-order valence-corrected chi connectivity index (χ0v) is 3.63. The highest BCUT2D eigenvalue weighted by atomic mass is 16.5. The normalized spacial score (nSPS) is 17.0. The van der Waals surface area contributed by atoms with Crippen molar-refractivity contribution in [2.75, 3.05) is 6.54 Å². The first-order chi connectivity index (χ1) is 3.43. The minimum Gasteiger partial charge on any atom is -0.290 e. The molecule has 4 heteroatoms. The number of amidine groups is 1. The first kappa shape index (κ1) is 4.26. The van der Waals surface area contributed by atoms with E-state index in [0.717, 1.165) is 0 Å². The average molecular weight is 99.1 g/mol. The Morgan fingerprint density at radius 1 is 1.86 bits per heavy atom. The summed E-state index contributed by atoms with van der Waals surface area (Å²) < 4.78 is 0. The highest BCUT2D eigenvalue weighted by Crippen LogP contribution is 1.80. The van der Waals surface area contributed by atoms with E-state index in [2.05, 4.69) is 9.98 Å². The van der Waals surface area contributed by atoms with Gasteiger partial charge in [0.05, 0.1) is 0 Å². The van der Waals surface area contributed by atoms with Gasteiger partial charge < -0.3 is 0 Å². The van der Waals surface area contributed by atoms with Gasteiger partial charge in [-0.1, -0.05) is 0 Å². The fourth-order valence-corrected chi connectivity index (χ4v) is 0.343. The highest BCUT2D eigenvalue weighted by molar-refractivity contribution is 5.93. The molecule has 0 aliphatic carbocycles. The molecule has 0 bridgehead atoms. The zero-order chi connectivity index (χ0) is 5.11. The summed E-state index contributed by atoms with van der Waals surface area (Å²) in [6.07, 6.45) is 1.40. The number of hydroxylamine groups is 1. The van der Waals surface area contributed by atoms with Crippen LogP contribution in [0, 0.1) is 0 Å². The molecule has 1 rings (SSSR count). The van der Waals surface area contributed by atoms with Crippen molar-refractivity contribution in [1.82, 2.24) is 5.48 Å². The van der Waals surface area contributed by atoms with E-state index in [9.17, 15) is 0 Å². The van der Waals surface area contributed by atoms with Crippen LogP contribution in [0.5, 0.6) is 0 Å². The Morgan fingerprint density at radius 2 is 2.71 bits per heavy atom. The van der Waals surface area contributed by atoms with E-state index >= 15 is 0 Å². The van der Waals surface area contributed by atoms with Crippen LogP contribution in [0.3, 0.4) is 0 Å².